The lowest BCUT2D eigenvalue weighted by Gasteiger charge is -2.19. The van der Waals surface area contributed by atoms with Gasteiger partial charge in [0.25, 0.3) is 0 Å². The molecule has 0 spiro atoms. The fourth-order valence-corrected chi connectivity index (χ4v) is 1.74. The van der Waals surface area contributed by atoms with E-state index in [0.29, 0.717) is 6.42 Å². The van der Waals surface area contributed by atoms with Gasteiger partial charge in [-0.2, -0.15) is 0 Å². The van der Waals surface area contributed by atoms with Crippen molar-refractivity contribution in [2.24, 2.45) is 0 Å². The number of nitrogens with one attached hydrogen (secondary N) is 1. The third-order valence-electron chi connectivity index (χ3n) is 2.65. The summed E-state index contributed by atoms with van der Waals surface area (Å²) in [4.78, 5) is 14.0. The number of hydrogen-bond donors (Lipinski definition) is 1. The van der Waals surface area contributed by atoms with E-state index in [0.717, 1.165) is 30.9 Å². The molecular weight excluding hydrogens is 260 g/mol. The topological polar surface area (TPSA) is 32.3 Å². The van der Waals surface area contributed by atoms with Gasteiger partial charge in [0, 0.05) is 25.2 Å². The van der Waals surface area contributed by atoms with Crippen LogP contribution in [0.2, 0.25) is 0 Å². The van der Waals surface area contributed by atoms with Crippen LogP contribution >= 0.6 is 12.4 Å². The summed E-state index contributed by atoms with van der Waals surface area (Å²) >= 11 is 0. The van der Waals surface area contributed by atoms with E-state index >= 15 is 0 Å². The number of amides is 1. The predicted molar refractivity (Wildman–Crippen MR) is 83.9 cm³/mol. The lowest BCUT2D eigenvalue weighted by Crippen LogP contribution is -2.29. The molecule has 1 rings (SSSR count). The molecule has 0 bridgehead atoms. The Bertz CT molecular complexity index is 392. The number of carbonyl (C=O) groups is 1. The summed E-state index contributed by atoms with van der Waals surface area (Å²) < 4.78 is 0. The standard InChI is InChI=1S/C15H22N2O.ClH/c1-4-17(12-13(2)3)11-10-15(18)16-14-8-6-5-7-9-14;/h5-9H,2,4,10-12H2,1,3H3,(H,16,18);1H. The summed E-state index contributed by atoms with van der Waals surface area (Å²) in [5.74, 6) is 0.0568. The number of anilines is 1. The number of rotatable bonds is 7. The van der Waals surface area contributed by atoms with Crippen LogP contribution in [-0.2, 0) is 4.79 Å². The summed E-state index contributed by atoms with van der Waals surface area (Å²) in [6, 6.07) is 9.54. The normalized spacial score (nSPS) is 9.84. The quantitative estimate of drug-likeness (QED) is 0.778. The number of carbonyl (C=O) groups excluding carboxylic acids is 1. The second kappa shape index (κ2) is 9.59. The van der Waals surface area contributed by atoms with E-state index in [2.05, 4.69) is 23.7 Å². The molecule has 0 fully saturated rings. The molecule has 1 N–H and O–H groups in total. The summed E-state index contributed by atoms with van der Waals surface area (Å²) in [5.41, 5.74) is 1.98. The first-order valence-electron chi connectivity index (χ1n) is 6.33. The maximum absolute atomic E-state index is 11.8. The monoisotopic (exact) mass is 282 g/mol. The Morgan fingerprint density at radius 3 is 2.47 bits per heavy atom. The Labute approximate surface area is 122 Å². The van der Waals surface area contributed by atoms with Gasteiger partial charge in [-0.1, -0.05) is 37.3 Å². The van der Waals surface area contributed by atoms with Crippen molar-refractivity contribution in [1.82, 2.24) is 4.90 Å². The summed E-state index contributed by atoms with van der Waals surface area (Å²) in [6.45, 7) is 10.6. The molecule has 0 saturated carbocycles. The highest BCUT2D eigenvalue weighted by Gasteiger charge is 2.06. The van der Waals surface area contributed by atoms with E-state index in [1.807, 2.05) is 37.3 Å². The van der Waals surface area contributed by atoms with Crippen LogP contribution in [0.15, 0.2) is 42.5 Å². The van der Waals surface area contributed by atoms with Crippen molar-refractivity contribution in [3.63, 3.8) is 0 Å². The number of halogens is 1. The van der Waals surface area contributed by atoms with E-state index in [1.165, 1.54) is 0 Å². The van der Waals surface area contributed by atoms with Crippen molar-refractivity contribution >= 4 is 24.0 Å². The summed E-state index contributed by atoms with van der Waals surface area (Å²) in [5, 5.41) is 2.89. The van der Waals surface area contributed by atoms with Crippen molar-refractivity contribution in [2.75, 3.05) is 25.0 Å². The van der Waals surface area contributed by atoms with Crippen LogP contribution < -0.4 is 5.32 Å². The Hall–Kier alpha value is -1.32. The molecule has 0 aliphatic heterocycles. The van der Waals surface area contributed by atoms with Crippen LogP contribution in [0.3, 0.4) is 0 Å². The van der Waals surface area contributed by atoms with Crippen LogP contribution in [0.4, 0.5) is 5.69 Å². The maximum Gasteiger partial charge on any atom is 0.225 e. The van der Waals surface area contributed by atoms with Gasteiger partial charge in [0.15, 0.2) is 0 Å². The van der Waals surface area contributed by atoms with Gasteiger partial charge in [0.05, 0.1) is 0 Å². The van der Waals surface area contributed by atoms with Crippen molar-refractivity contribution in [3.8, 4) is 0 Å². The molecule has 106 valence electrons. The van der Waals surface area contributed by atoms with Crippen LogP contribution in [0.5, 0.6) is 0 Å². The summed E-state index contributed by atoms with van der Waals surface area (Å²) in [6.07, 6.45) is 0.510. The molecule has 0 aromatic heterocycles. The zero-order chi connectivity index (χ0) is 13.4. The fourth-order valence-electron chi connectivity index (χ4n) is 1.74. The fraction of sp³-hybridized carbons (Fsp3) is 0.400. The van der Waals surface area contributed by atoms with Gasteiger partial charge in [-0.05, 0) is 25.6 Å². The number of likely N-dealkylation sites (N-methyl/N-ethyl adjacent to an activating group) is 1. The first-order chi connectivity index (χ1) is 8.61. The molecule has 19 heavy (non-hydrogen) atoms. The Kier molecular flexibility index (Phi) is 8.92. The predicted octanol–water partition coefficient (Wildman–Crippen LogP) is 3.34. The molecular formula is C15H23ClN2O. The second-order valence-electron chi connectivity index (χ2n) is 4.49. The molecule has 0 unspecified atom stereocenters. The van der Waals surface area contributed by atoms with Crippen LogP contribution in [-0.4, -0.2) is 30.4 Å². The average Bonchev–Trinajstić information content (AvgIpc) is 2.35. The lowest BCUT2D eigenvalue weighted by molar-refractivity contribution is -0.116. The lowest BCUT2D eigenvalue weighted by atomic mass is 10.2. The first-order valence-corrected chi connectivity index (χ1v) is 6.33. The minimum absolute atomic E-state index is 0. The van der Waals surface area contributed by atoms with Gasteiger partial charge in [-0.15, -0.1) is 12.4 Å². The highest BCUT2D eigenvalue weighted by Crippen LogP contribution is 2.06. The van der Waals surface area contributed by atoms with Gasteiger partial charge in [0.2, 0.25) is 5.91 Å². The van der Waals surface area contributed by atoms with E-state index in [4.69, 9.17) is 0 Å². The van der Waals surface area contributed by atoms with Crippen molar-refractivity contribution in [1.29, 1.82) is 0 Å². The van der Waals surface area contributed by atoms with Crippen molar-refractivity contribution in [3.05, 3.63) is 42.5 Å². The Morgan fingerprint density at radius 2 is 1.95 bits per heavy atom. The molecule has 4 heteroatoms. The molecule has 1 aromatic rings. The van der Waals surface area contributed by atoms with Crippen LogP contribution in [0, 0.1) is 0 Å². The number of hydrogen-bond acceptors (Lipinski definition) is 2. The van der Waals surface area contributed by atoms with Crippen LogP contribution in [0.25, 0.3) is 0 Å². The second-order valence-corrected chi connectivity index (χ2v) is 4.49. The highest BCUT2D eigenvalue weighted by atomic mass is 35.5. The molecule has 1 amide bonds. The van der Waals surface area contributed by atoms with Gasteiger partial charge < -0.3 is 5.32 Å². The third kappa shape index (κ3) is 7.65. The largest absolute Gasteiger partial charge is 0.326 e. The molecule has 0 radical (unpaired) electrons. The van der Waals surface area contributed by atoms with E-state index in [1.54, 1.807) is 0 Å². The Morgan fingerprint density at radius 1 is 1.32 bits per heavy atom. The summed E-state index contributed by atoms with van der Waals surface area (Å²) in [7, 11) is 0. The third-order valence-corrected chi connectivity index (χ3v) is 2.65. The van der Waals surface area contributed by atoms with Gasteiger partial charge in [-0.25, -0.2) is 0 Å². The maximum atomic E-state index is 11.8. The zero-order valence-electron chi connectivity index (χ0n) is 11.7. The minimum Gasteiger partial charge on any atom is -0.326 e. The number of para-hydroxylation sites is 1. The molecule has 0 aliphatic carbocycles. The van der Waals surface area contributed by atoms with Gasteiger partial charge >= 0.3 is 0 Å². The SMILES string of the molecule is C=C(C)CN(CC)CCC(=O)Nc1ccccc1.Cl. The number of benzene rings is 1. The molecule has 1 aromatic carbocycles. The number of nitrogens with zero attached hydrogens (tertiary/aromatic N) is 1. The van der Waals surface area contributed by atoms with E-state index < -0.39 is 0 Å². The molecule has 3 nitrogen and oxygen atoms in total. The Balaban J connectivity index is 0.00000324. The van der Waals surface area contributed by atoms with Gasteiger partial charge in [-0.3, -0.25) is 9.69 Å². The van der Waals surface area contributed by atoms with Gasteiger partial charge in [0.1, 0.15) is 0 Å². The molecule has 0 atom stereocenters. The average molecular weight is 283 g/mol. The van der Waals surface area contributed by atoms with E-state index in [-0.39, 0.29) is 18.3 Å². The van der Waals surface area contributed by atoms with E-state index in [9.17, 15) is 4.79 Å². The molecule has 0 heterocycles. The molecule has 0 aliphatic rings. The van der Waals surface area contributed by atoms with Crippen molar-refractivity contribution in [2.45, 2.75) is 20.3 Å². The first kappa shape index (κ1) is 17.7. The molecule has 0 saturated heterocycles. The zero-order valence-corrected chi connectivity index (χ0v) is 12.5. The smallest absolute Gasteiger partial charge is 0.225 e. The highest BCUT2D eigenvalue weighted by molar-refractivity contribution is 5.90. The van der Waals surface area contributed by atoms with Crippen LogP contribution in [0.1, 0.15) is 20.3 Å². The minimum atomic E-state index is 0. The van der Waals surface area contributed by atoms with Crippen molar-refractivity contribution < 1.29 is 4.79 Å².